The first-order chi connectivity index (χ1) is 16.3. The van der Waals surface area contributed by atoms with Gasteiger partial charge in [0.25, 0.3) is 0 Å². The van der Waals surface area contributed by atoms with Crippen LogP contribution in [0.25, 0.3) is 44.2 Å². The molecule has 4 aromatic carbocycles. The number of fused-ring (bicyclic) bond motifs is 3. The summed E-state index contributed by atoms with van der Waals surface area (Å²) in [7, 11) is -0.399. The minimum atomic E-state index is -0.399. The van der Waals surface area contributed by atoms with Gasteiger partial charge in [-0.1, -0.05) is 91.0 Å². The van der Waals surface area contributed by atoms with E-state index in [1.165, 1.54) is 0 Å². The van der Waals surface area contributed by atoms with Crippen LogP contribution in [0.4, 0.5) is 0 Å². The van der Waals surface area contributed by atoms with Gasteiger partial charge in [0.05, 0.1) is 11.2 Å². The molecule has 0 N–H and O–H groups in total. The highest BCUT2D eigenvalue weighted by molar-refractivity contribution is 6.62. The second kappa shape index (κ2) is 7.59. The minimum absolute atomic E-state index is 0.375. The van der Waals surface area contributed by atoms with Crippen LogP contribution in [0.5, 0.6) is 0 Å². The van der Waals surface area contributed by atoms with Crippen molar-refractivity contribution in [3.63, 3.8) is 0 Å². The smallest absolute Gasteiger partial charge is 0.455 e. The van der Waals surface area contributed by atoms with Gasteiger partial charge in [-0.25, -0.2) is 0 Å². The molecule has 0 atom stereocenters. The number of hydrogen-bond donors (Lipinski definition) is 0. The highest BCUT2D eigenvalue weighted by Gasteiger charge is 2.51. The number of furan rings is 1. The van der Waals surface area contributed by atoms with Gasteiger partial charge < -0.3 is 13.7 Å². The highest BCUT2D eigenvalue weighted by atomic mass is 16.7. The van der Waals surface area contributed by atoms with E-state index in [4.69, 9.17) is 13.7 Å². The third kappa shape index (κ3) is 3.29. The van der Waals surface area contributed by atoms with Crippen LogP contribution in [0, 0.1) is 0 Å². The van der Waals surface area contributed by atoms with Gasteiger partial charge in [-0.3, -0.25) is 0 Å². The van der Waals surface area contributed by atoms with Crippen LogP contribution in [-0.4, -0.2) is 18.3 Å². The first-order valence-electron chi connectivity index (χ1n) is 11.8. The lowest BCUT2D eigenvalue weighted by Gasteiger charge is -2.32. The molecule has 0 bridgehead atoms. The maximum atomic E-state index is 6.59. The molecule has 34 heavy (non-hydrogen) atoms. The summed E-state index contributed by atoms with van der Waals surface area (Å²) in [6, 6.07) is 31.5. The number of rotatable bonds is 3. The Morgan fingerprint density at radius 1 is 0.559 bits per heavy atom. The van der Waals surface area contributed by atoms with Crippen molar-refractivity contribution in [3.8, 4) is 22.3 Å². The van der Waals surface area contributed by atoms with Gasteiger partial charge in [0.2, 0.25) is 0 Å². The van der Waals surface area contributed by atoms with Crippen LogP contribution < -0.4 is 5.46 Å². The summed E-state index contributed by atoms with van der Waals surface area (Å²) in [6.45, 7) is 8.32. The fraction of sp³-hybridized carbons (Fsp3) is 0.200. The minimum Gasteiger partial charge on any atom is -0.455 e. The molecule has 1 aromatic heterocycles. The van der Waals surface area contributed by atoms with Crippen molar-refractivity contribution in [2.45, 2.75) is 38.9 Å². The van der Waals surface area contributed by atoms with Gasteiger partial charge >= 0.3 is 7.12 Å². The zero-order chi connectivity index (χ0) is 23.5. The third-order valence-corrected chi connectivity index (χ3v) is 7.33. The summed E-state index contributed by atoms with van der Waals surface area (Å²) in [5.74, 6) is 0. The Balaban J connectivity index is 1.48. The molecule has 1 aliphatic rings. The maximum absolute atomic E-state index is 6.59. The maximum Gasteiger partial charge on any atom is 0.494 e. The summed E-state index contributed by atoms with van der Waals surface area (Å²) < 4.78 is 19.2. The Morgan fingerprint density at radius 2 is 1.09 bits per heavy atom. The fourth-order valence-corrected chi connectivity index (χ4v) is 4.72. The molecule has 1 aliphatic heterocycles. The Labute approximate surface area is 200 Å². The molecule has 0 aliphatic carbocycles. The Bertz CT molecular complexity index is 1500. The fourth-order valence-electron chi connectivity index (χ4n) is 4.72. The lowest BCUT2D eigenvalue weighted by atomic mass is 9.78. The van der Waals surface area contributed by atoms with Crippen molar-refractivity contribution in [3.05, 3.63) is 91.0 Å². The molecule has 6 rings (SSSR count). The predicted molar refractivity (Wildman–Crippen MR) is 140 cm³/mol. The summed E-state index contributed by atoms with van der Waals surface area (Å²) >= 11 is 0. The molecular formula is C30H27BO3. The molecule has 0 spiro atoms. The van der Waals surface area contributed by atoms with Crippen LogP contribution in [-0.2, 0) is 9.31 Å². The summed E-state index contributed by atoms with van der Waals surface area (Å²) in [5.41, 5.74) is 6.46. The van der Waals surface area contributed by atoms with Crippen molar-refractivity contribution in [2.24, 2.45) is 0 Å². The molecule has 1 fully saturated rings. The lowest BCUT2D eigenvalue weighted by molar-refractivity contribution is 0.00578. The predicted octanol–water partition coefficient (Wildman–Crippen LogP) is 7.22. The molecule has 3 nitrogen and oxygen atoms in total. The first-order valence-corrected chi connectivity index (χ1v) is 11.8. The first kappa shape index (κ1) is 21.2. The van der Waals surface area contributed by atoms with Gasteiger partial charge in [-0.2, -0.15) is 0 Å². The van der Waals surface area contributed by atoms with Crippen molar-refractivity contribution in [2.75, 3.05) is 0 Å². The standard InChI is InChI=1S/C30H27BO3/c1-29(2)30(3,4)34-31(33-29)22-14-8-13-21(19-22)24-16-10-18-26-25-17-9-15-23(27(25)32-28(24)26)20-11-6-5-7-12-20/h5-19H,1-4H3. The van der Waals surface area contributed by atoms with Gasteiger partial charge in [0, 0.05) is 21.9 Å². The lowest BCUT2D eigenvalue weighted by Crippen LogP contribution is -2.41. The third-order valence-electron chi connectivity index (χ3n) is 7.33. The average Bonchev–Trinajstić information content (AvgIpc) is 3.33. The zero-order valence-corrected chi connectivity index (χ0v) is 20.0. The van der Waals surface area contributed by atoms with Crippen molar-refractivity contribution in [1.29, 1.82) is 0 Å². The Kier molecular flexibility index (Phi) is 4.74. The largest absolute Gasteiger partial charge is 0.494 e. The van der Waals surface area contributed by atoms with Crippen molar-refractivity contribution in [1.82, 2.24) is 0 Å². The second-order valence-corrected chi connectivity index (χ2v) is 10.0. The van der Waals surface area contributed by atoms with E-state index >= 15 is 0 Å². The van der Waals surface area contributed by atoms with Crippen LogP contribution in [0.15, 0.2) is 95.4 Å². The number of hydrogen-bond acceptors (Lipinski definition) is 3. The zero-order valence-electron chi connectivity index (χ0n) is 20.0. The van der Waals surface area contributed by atoms with Gasteiger partial charge in [-0.05, 0) is 44.3 Å². The molecule has 5 aromatic rings. The molecule has 0 saturated carbocycles. The molecular weight excluding hydrogens is 419 g/mol. The Hall–Kier alpha value is -3.34. The molecule has 4 heteroatoms. The average molecular weight is 446 g/mol. The van der Waals surface area contributed by atoms with Crippen LogP contribution >= 0.6 is 0 Å². The van der Waals surface area contributed by atoms with E-state index in [-0.39, 0.29) is 11.2 Å². The van der Waals surface area contributed by atoms with Gasteiger partial charge in [0.1, 0.15) is 11.2 Å². The topological polar surface area (TPSA) is 31.6 Å². The normalized spacial score (nSPS) is 17.0. The van der Waals surface area contributed by atoms with Crippen LogP contribution in [0.3, 0.4) is 0 Å². The van der Waals surface area contributed by atoms with Gasteiger partial charge in [-0.15, -0.1) is 0 Å². The van der Waals surface area contributed by atoms with Crippen LogP contribution in [0.2, 0.25) is 0 Å². The highest BCUT2D eigenvalue weighted by Crippen LogP contribution is 2.40. The van der Waals surface area contributed by atoms with E-state index in [0.717, 1.165) is 49.7 Å². The van der Waals surface area contributed by atoms with E-state index in [2.05, 4.69) is 113 Å². The van der Waals surface area contributed by atoms with E-state index in [1.807, 2.05) is 6.07 Å². The molecule has 0 radical (unpaired) electrons. The molecule has 2 heterocycles. The van der Waals surface area contributed by atoms with Gasteiger partial charge in [0.15, 0.2) is 0 Å². The quantitative estimate of drug-likeness (QED) is 0.274. The van der Waals surface area contributed by atoms with E-state index in [9.17, 15) is 0 Å². The number of benzene rings is 4. The summed E-state index contributed by atoms with van der Waals surface area (Å²) in [6.07, 6.45) is 0. The SMILES string of the molecule is CC1(C)OB(c2cccc(-c3cccc4c3oc3c(-c5ccccc5)cccc34)c2)OC1(C)C. The van der Waals surface area contributed by atoms with E-state index < -0.39 is 7.12 Å². The molecule has 0 amide bonds. The Morgan fingerprint density at radius 3 is 1.71 bits per heavy atom. The van der Waals surface area contributed by atoms with E-state index in [0.29, 0.717) is 0 Å². The van der Waals surface area contributed by atoms with E-state index in [1.54, 1.807) is 0 Å². The molecule has 0 unspecified atom stereocenters. The summed E-state index contributed by atoms with van der Waals surface area (Å²) in [4.78, 5) is 0. The van der Waals surface area contributed by atoms with Crippen molar-refractivity contribution >= 4 is 34.5 Å². The molecule has 168 valence electrons. The second-order valence-electron chi connectivity index (χ2n) is 10.0. The number of para-hydroxylation sites is 2. The van der Waals surface area contributed by atoms with Crippen molar-refractivity contribution < 1.29 is 13.7 Å². The van der Waals surface area contributed by atoms with Crippen LogP contribution in [0.1, 0.15) is 27.7 Å². The molecule has 1 saturated heterocycles. The monoisotopic (exact) mass is 446 g/mol. The summed E-state index contributed by atoms with van der Waals surface area (Å²) in [5, 5.41) is 2.24.